The molecule has 0 heterocycles. The van der Waals surface area contributed by atoms with Crippen LogP contribution in [0.25, 0.3) is 0 Å². The maximum atomic E-state index is 13.2. The van der Waals surface area contributed by atoms with Gasteiger partial charge >= 0.3 is 0 Å². The summed E-state index contributed by atoms with van der Waals surface area (Å²) in [5.74, 6) is -0.848. The number of rotatable bonds is 6. The molecule has 0 amide bonds. The Hall–Kier alpha value is -0.960. The number of benzene rings is 1. The van der Waals surface area contributed by atoms with Crippen LogP contribution in [0.1, 0.15) is 44.6 Å². The molecular formula is C14H21F2N. The Bertz CT molecular complexity index is 350. The molecule has 1 rings (SSSR count). The summed E-state index contributed by atoms with van der Waals surface area (Å²) in [6.07, 6.45) is 2.98. The summed E-state index contributed by atoms with van der Waals surface area (Å²) in [5, 5.41) is 0. The molecular weight excluding hydrogens is 220 g/mol. The first-order chi connectivity index (χ1) is 8.06. The lowest BCUT2D eigenvalue weighted by Gasteiger charge is -2.21. The Labute approximate surface area is 102 Å². The van der Waals surface area contributed by atoms with E-state index < -0.39 is 11.6 Å². The van der Waals surface area contributed by atoms with Gasteiger partial charge in [-0.15, -0.1) is 0 Å². The molecule has 2 N–H and O–H groups in total. The van der Waals surface area contributed by atoms with Crippen LogP contribution < -0.4 is 5.73 Å². The molecule has 1 nitrogen and oxygen atoms in total. The Morgan fingerprint density at radius 2 is 1.82 bits per heavy atom. The Kier molecular flexibility index (Phi) is 5.56. The standard InChI is InChI=1S/C14H21F2N/c1-10(2)12(5-3-4-8-17)11-6-7-13(15)14(16)9-11/h6-7,9-10,12H,3-5,8,17H2,1-2H3. The van der Waals surface area contributed by atoms with Gasteiger partial charge in [0.15, 0.2) is 11.6 Å². The topological polar surface area (TPSA) is 26.0 Å². The molecule has 0 fully saturated rings. The average Bonchev–Trinajstić information content (AvgIpc) is 2.28. The summed E-state index contributed by atoms with van der Waals surface area (Å²) in [4.78, 5) is 0. The zero-order chi connectivity index (χ0) is 12.8. The predicted molar refractivity (Wildman–Crippen MR) is 66.8 cm³/mol. The van der Waals surface area contributed by atoms with Gasteiger partial charge in [-0.3, -0.25) is 0 Å². The first-order valence-corrected chi connectivity index (χ1v) is 6.21. The summed E-state index contributed by atoms with van der Waals surface area (Å²) >= 11 is 0. The fourth-order valence-corrected chi connectivity index (χ4v) is 2.14. The quantitative estimate of drug-likeness (QED) is 0.752. The summed E-state index contributed by atoms with van der Waals surface area (Å²) in [5.41, 5.74) is 6.35. The van der Waals surface area contributed by atoms with Crippen molar-refractivity contribution in [2.45, 2.75) is 39.0 Å². The molecule has 0 bridgehead atoms. The molecule has 1 unspecified atom stereocenters. The zero-order valence-corrected chi connectivity index (χ0v) is 10.5. The Balaban J connectivity index is 2.78. The van der Waals surface area contributed by atoms with E-state index >= 15 is 0 Å². The van der Waals surface area contributed by atoms with Gasteiger partial charge in [-0.05, 0) is 48.9 Å². The first kappa shape index (κ1) is 14.1. The third-order valence-electron chi connectivity index (χ3n) is 3.15. The Morgan fingerprint density at radius 1 is 1.12 bits per heavy atom. The van der Waals surface area contributed by atoms with Gasteiger partial charge in [-0.25, -0.2) is 8.78 Å². The zero-order valence-electron chi connectivity index (χ0n) is 10.5. The number of hydrogen-bond acceptors (Lipinski definition) is 1. The van der Waals surface area contributed by atoms with Crippen LogP contribution in [0.3, 0.4) is 0 Å². The predicted octanol–water partition coefficient (Wildman–Crippen LogP) is 3.83. The average molecular weight is 241 g/mol. The van der Waals surface area contributed by atoms with Gasteiger partial charge in [0, 0.05) is 0 Å². The second-order valence-corrected chi connectivity index (χ2v) is 4.81. The highest BCUT2D eigenvalue weighted by Crippen LogP contribution is 2.30. The number of unbranched alkanes of at least 4 members (excludes halogenated alkanes) is 1. The van der Waals surface area contributed by atoms with Crippen LogP contribution in [0, 0.1) is 17.6 Å². The van der Waals surface area contributed by atoms with Gasteiger partial charge in [0.25, 0.3) is 0 Å². The van der Waals surface area contributed by atoms with Crippen LogP contribution in [0.2, 0.25) is 0 Å². The van der Waals surface area contributed by atoms with Crippen molar-refractivity contribution in [3.63, 3.8) is 0 Å². The number of nitrogens with two attached hydrogens (primary N) is 1. The fraction of sp³-hybridized carbons (Fsp3) is 0.571. The normalized spacial score (nSPS) is 13.1. The molecule has 0 radical (unpaired) electrons. The largest absolute Gasteiger partial charge is 0.330 e. The van der Waals surface area contributed by atoms with Crippen molar-refractivity contribution < 1.29 is 8.78 Å². The van der Waals surface area contributed by atoms with E-state index in [2.05, 4.69) is 13.8 Å². The Morgan fingerprint density at radius 3 is 2.35 bits per heavy atom. The summed E-state index contributed by atoms with van der Waals surface area (Å²) in [7, 11) is 0. The van der Waals surface area contributed by atoms with Crippen molar-refractivity contribution in [3.8, 4) is 0 Å². The molecule has 0 spiro atoms. The van der Waals surface area contributed by atoms with Gasteiger partial charge in [0.1, 0.15) is 0 Å². The molecule has 0 aliphatic rings. The van der Waals surface area contributed by atoms with E-state index in [1.165, 1.54) is 12.1 Å². The molecule has 0 aliphatic heterocycles. The summed E-state index contributed by atoms with van der Waals surface area (Å²) in [6, 6.07) is 4.22. The van der Waals surface area contributed by atoms with Gasteiger partial charge < -0.3 is 5.73 Å². The van der Waals surface area contributed by atoms with E-state index in [-0.39, 0.29) is 5.92 Å². The van der Waals surface area contributed by atoms with Crippen LogP contribution in [0.5, 0.6) is 0 Å². The van der Waals surface area contributed by atoms with E-state index in [0.29, 0.717) is 12.5 Å². The molecule has 0 aromatic heterocycles. The minimum absolute atomic E-state index is 0.275. The van der Waals surface area contributed by atoms with Crippen molar-refractivity contribution >= 4 is 0 Å². The lowest BCUT2D eigenvalue weighted by atomic mass is 9.84. The van der Waals surface area contributed by atoms with Gasteiger partial charge in [-0.1, -0.05) is 26.3 Å². The third-order valence-corrected chi connectivity index (χ3v) is 3.15. The minimum atomic E-state index is -0.779. The van der Waals surface area contributed by atoms with Gasteiger partial charge in [-0.2, -0.15) is 0 Å². The smallest absolute Gasteiger partial charge is 0.159 e. The molecule has 1 aromatic carbocycles. The van der Waals surface area contributed by atoms with E-state index in [4.69, 9.17) is 5.73 Å². The highest BCUT2D eigenvalue weighted by atomic mass is 19.2. The lowest BCUT2D eigenvalue weighted by Crippen LogP contribution is -2.09. The van der Waals surface area contributed by atoms with E-state index in [9.17, 15) is 8.78 Å². The highest BCUT2D eigenvalue weighted by Gasteiger charge is 2.17. The fourth-order valence-electron chi connectivity index (χ4n) is 2.14. The van der Waals surface area contributed by atoms with Crippen LogP contribution in [-0.2, 0) is 0 Å². The van der Waals surface area contributed by atoms with Crippen molar-refractivity contribution in [3.05, 3.63) is 35.4 Å². The maximum absolute atomic E-state index is 13.2. The van der Waals surface area contributed by atoms with Gasteiger partial charge in [0.2, 0.25) is 0 Å². The molecule has 0 saturated heterocycles. The van der Waals surface area contributed by atoms with E-state index in [1.54, 1.807) is 6.07 Å². The van der Waals surface area contributed by atoms with Crippen molar-refractivity contribution in [1.82, 2.24) is 0 Å². The van der Waals surface area contributed by atoms with Crippen LogP contribution in [0.15, 0.2) is 18.2 Å². The monoisotopic (exact) mass is 241 g/mol. The second kappa shape index (κ2) is 6.70. The summed E-state index contributed by atoms with van der Waals surface area (Å²) in [6.45, 7) is 4.89. The molecule has 3 heteroatoms. The van der Waals surface area contributed by atoms with Gasteiger partial charge in [0.05, 0.1) is 0 Å². The van der Waals surface area contributed by atoms with Crippen LogP contribution in [0.4, 0.5) is 8.78 Å². The highest BCUT2D eigenvalue weighted by molar-refractivity contribution is 5.22. The van der Waals surface area contributed by atoms with Crippen LogP contribution in [-0.4, -0.2) is 6.54 Å². The van der Waals surface area contributed by atoms with Crippen molar-refractivity contribution in [2.24, 2.45) is 11.7 Å². The molecule has 1 atom stereocenters. The minimum Gasteiger partial charge on any atom is -0.330 e. The molecule has 1 aromatic rings. The molecule has 0 saturated carbocycles. The molecule has 0 aliphatic carbocycles. The third kappa shape index (κ3) is 4.08. The van der Waals surface area contributed by atoms with E-state index in [0.717, 1.165) is 24.8 Å². The van der Waals surface area contributed by atoms with Crippen molar-refractivity contribution in [1.29, 1.82) is 0 Å². The van der Waals surface area contributed by atoms with Crippen LogP contribution >= 0.6 is 0 Å². The molecule has 17 heavy (non-hydrogen) atoms. The SMILES string of the molecule is CC(C)C(CCCCN)c1ccc(F)c(F)c1. The molecule has 96 valence electrons. The number of hydrogen-bond donors (Lipinski definition) is 1. The van der Waals surface area contributed by atoms with Crippen molar-refractivity contribution in [2.75, 3.05) is 6.54 Å². The summed E-state index contributed by atoms with van der Waals surface area (Å²) < 4.78 is 26.1. The number of halogens is 2. The lowest BCUT2D eigenvalue weighted by molar-refractivity contribution is 0.443. The van der Waals surface area contributed by atoms with E-state index in [1.807, 2.05) is 0 Å². The maximum Gasteiger partial charge on any atom is 0.159 e. The second-order valence-electron chi connectivity index (χ2n) is 4.81. The first-order valence-electron chi connectivity index (χ1n) is 6.21.